The molecule has 0 aromatic rings. The summed E-state index contributed by atoms with van der Waals surface area (Å²) in [6.45, 7) is 1.01. The number of aliphatic hydroxyl groups is 2. The predicted molar refractivity (Wildman–Crippen MR) is 60.2 cm³/mol. The average Bonchev–Trinajstić information content (AvgIpc) is 2.14. The first-order chi connectivity index (χ1) is 8.08. The molecule has 0 aromatic heterocycles. The molecule has 2 unspecified atom stereocenters. The van der Waals surface area contributed by atoms with Gasteiger partial charge >= 0.3 is 46.9 Å². The molecule has 19 heavy (non-hydrogen) atoms. The first kappa shape index (κ1) is 20.1. The molecule has 10 heteroatoms. The minimum absolute atomic E-state index is 0. The van der Waals surface area contributed by atoms with Crippen molar-refractivity contribution in [2.24, 2.45) is 0 Å². The summed E-state index contributed by atoms with van der Waals surface area (Å²) in [7, 11) is 0. The van der Waals surface area contributed by atoms with E-state index >= 15 is 0 Å². The Morgan fingerprint density at radius 2 is 1.68 bits per heavy atom. The summed E-state index contributed by atoms with van der Waals surface area (Å²) < 4.78 is 4.00. The van der Waals surface area contributed by atoms with Crippen LogP contribution in [0.25, 0.3) is 0 Å². The number of ether oxygens (including phenoxy) is 1. The predicted octanol–water partition coefficient (Wildman–Crippen LogP) is -2.04. The first-order valence-corrected chi connectivity index (χ1v) is 4.68. The number of carbonyl (C=O) groups excluding carboxylic acids is 2. The molecule has 0 fully saturated rings. The molecule has 0 aliphatic rings. The van der Waals surface area contributed by atoms with E-state index in [0.29, 0.717) is 0 Å². The van der Waals surface area contributed by atoms with Crippen LogP contribution < -0.4 is 0 Å². The van der Waals surface area contributed by atoms with E-state index in [4.69, 9.17) is 15.3 Å². The van der Waals surface area contributed by atoms with E-state index in [-0.39, 0.29) is 25.9 Å². The third kappa shape index (κ3) is 7.05. The smallest absolute Gasteiger partial charge is 1.00 e. The van der Waals surface area contributed by atoms with Crippen molar-refractivity contribution >= 4 is 46.9 Å². The van der Waals surface area contributed by atoms with E-state index in [0.717, 1.165) is 6.92 Å². The van der Waals surface area contributed by atoms with Crippen LogP contribution in [-0.2, 0) is 23.9 Å². The van der Waals surface area contributed by atoms with Gasteiger partial charge in [-0.1, -0.05) is 0 Å². The van der Waals surface area contributed by atoms with Gasteiger partial charge in [0.1, 0.15) is 6.10 Å². The molecule has 4 N–H and O–H groups in total. The Hall–Kier alpha value is -1.23. The molecule has 0 aliphatic carbocycles. The second-order valence-corrected chi connectivity index (χ2v) is 3.55. The van der Waals surface area contributed by atoms with Gasteiger partial charge in [0.15, 0.2) is 5.60 Å². The molecule has 0 aromatic carbocycles. The molecule has 2 atom stereocenters. The van der Waals surface area contributed by atoms with Crippen molar-refractivity contribution in [1.82, 2.24) is 0 Å². The molecule has 0 saturated carbocycles. The largest absolute Gasteiger partial charge is 2.00 e. The van der Waals surface area contributed by atoms with Gasteiger partial charge in [-0.15, -0.1) is 0 Å². The van der Waals surface area contributed by atoms with Crippen molar-refractivity contribution in [2.45, 2.75) is 31.5 Å². The summed E-state index contributed by atoms with van der Waals surface area (Å²) in [6, 6.07) is 0. The Morgan fingerprint density at radius 3 is 2.00 bits per heavy atom. The van der Waals surface area contributed by atoms with Gasteiger partial charge in [0.25, 0.3) is 0 Å². The summed E-state index contributed by atoms with van der Waals surface area (Å²) in [6.07, 6.45) is -4.07. The maximum atomic E-state index is 11.1. The van der Waals surface area contributed by atoms with Gasteiger partial charge in [0.05, 0.1) is 12.8 Å². The van der Waals surface area contributed by atoms with E-state index in [1.165, 1.54) is 0 Å². The van der Waals surface area contributed by atoms with Crippen molar-refractivity contribution in [1.29, 1.82) is 0 Å². The van der Waals surface area contributed by atoms with Crippen LogP contribution in [-0.4, -0.2) is 79.1 Å². The Balaban J connectivity index is -0.000000482. The third-order valence-corrected chi connectivity index (χ3v) is 1.83. The molecule has 0 heterocycles. The summed E-state index contributed by atoms with van der Waals surface area (Å²) in [5.41, 5.74) is -2.87. The quantitative estimate of drug-likeness (QED) is 0.245. The van der Waals surface area contributed by atoms with Crippen LogP contribution in [0, 0.1) is 0 Å². The molecular weight excluding hydrogens is 276 g/mol. The number of aliphatic hydroxyl groups excluding tert-OH is 1. The van der Waals surface area contributed by atoms with Crippen molar-refractivity contribution in [3.63, 3.8) is 0 Å². The molecule has 0 amide bonds. The first-order valence-electron chi connectivity index (χ1n) is 4.68. The van der Waals surface area contributed by atoms with E-state index in [1.807, 2.05) is 0 Å². The van der Waals surface area contributed by atoms with E-state index in [2.05, 4.69) is 4.74 Å². The van der Waals surface area contributed by atoms with Crippen molar-refractivity contribution in [3.8, 4) is 0 Å². The second kappa shape index (κ2) is 8.04. The average molecular weight is 291 g/mol. The maximum absolute atomic E-state index is 11.1. The molecule has 0 bridgehead atoms. The zero-order chi connectivity index (χ0) is 14.5. The topological polar surface area (TPSA) is 158 Å². The summed E-state index contributed by atoms with van der Waals surface area (Å²) in [5.74, 6) is -6.36. The van der Waals surface area contributed by atoms with Crippen LogP contribution in [0.2, 0.25) is 0 Å². The molecule has 0 rings (SSSR count). The maximum Gasteiger partial charge on any atom is 2.00 e. The molecule has 0 spiro atoms. The SMILES string of the molecule is CC(O)C(=O)OC(=O)CC(O)(CC(=O)O)C(=O)O.[H-].[H-].[Mg+2]. The second-order valence-electron chi connectivity index (χ2n) is 3.55. The summed E-state index contributed by atoms with van der Waals surface area (Å²) >= 11 is 0. The fraction of sp³-hybridized carbons (Fsp3) is 0.556. The number of aliphatic carboxylic acids is 2. The molecule has 0 saturated heterocycles. The molecule has 0 aliphatic heterocycles. The van der Waals surface area contributed by atoms with Gasteiger partial charge in [-0.2, -0.15) is 0 Å². The summed E-state index contributed by atoms with van der Waals surface area (Å²) in [4.78, 5) is 42.9. The monoisotopic (exact) mass is 290 g/mol. The minimum Gasteiger partial charge on any atom is -1.00 e. The molecule has 9 nitrogen and oxygen atoms in total. The number of carboxylic acid groups (broad SMARTS) is 2. The standard InChI is InChI=1S/C9H12O9.Mg.2H/c1-4(10)7(14)18-6(13)3-9(17,8(15)16)2-5(11)12;;;/h4,10,17H,2-3H2,1H3,(H,11,12)(H,15,16);;;/q;+2;2*-1. The number of hydrogen-bond donors (Lipinski definition) is 4. The van der Waals surface area contributed by atoms with Crippen LogP contribution in [0.3, 0.4) is 0 Å². The van der Waals surface area contributed by atoms with Crippen molar-refractivity contribution in [2.75, 3.05) is 0 Å². The fourth-order valence-corrected chi connectivity index (χ4v) is 0.936. The van der Waals surface area contributed by atoms with Crippen molar-refractivity contribution < 1.29 is 47.2 Å². The Bertz CT molecular complexity index is 387. The third-order valence-electron chi connectivity index (χ3n) is 1.83. The fourth-order valence-electron chi connectivity index (χ4n) is 0.936. The molecule has 0 radical (unpaired) electrons. The number of hydrogen-bond acceptors (Lipinski definition) is 7. The van der Waals surface area contributed by atoms with Crippen LogP contribution in [0.1, 0.15) is 22.6 Å². The van der Waals surface area contributed by atoms with Gasteiger partial charge < -0.3 is 28.0 Å². The van der Waals surface area contributed by atoms with Crippen LogP contribution >= 0.6 is 0 Å². The summed E-state index contributed by atoms with van der Waals surface area (Å²) in [5, 5.41) is 35.2. The van der Waals surface area contributed by atoms with Crippen LogP contribution in [0.5, 0.6) is 0 Å². The van der Waals surface area contributed by atoms with E-state index in [1.54, 1.807) is 0 Å². The zero-order valence-corrected chi connectivity index (χ0v) is 11.4. The Kier molecular flexibility index (Phi) is 8.50. The minimum atomic E-state index is -2.87. The Morgan fingerprint density at radius 1 is 1.21 bits per heavy atom. The van der Waals surface area contributed by atoms with E-state index in [9.17, 15) is 24.3 Å². The molecule has 106 valence electrons. The number of esters is 2. The number of carboxylic acids is 2. The number of rotatable bonds is 6. The van der Waals surface area contributed by atoms with Gasteiger partial charge in [-0.05, 0) is 6.92 Å². The van der Waals surface area contributed by atoms with Crippen LogP contribution in [0.15, 0.2) is 0 Å². The van der Waals surface area contributed by atoms with E-state index < -0.39 is 48.4 Å². The van der Waals surface area contributed by atoms with Gasteiger partial charge in [-0.25, -0.2) is 9.59 Å². The Labute approximate surface area is 126 Å². The van der Waals surface area contributed by atoms with Gasteiger partial charge in [-0.3, -0.25) is 9.59 Å². The zero-order valence-electron chi connectivity index (χ0n) is 12.0. The number of carbonyl (C=O) groups is 4. The van der Waals surface area contributed by atoms with Crippen molar-refractivity contribution in [3.05, 3.63) is 0 Å². The van der Waals surface area contributed by atoms with Gasteiger partial charge in [0, 0.05) is 0 Å². The molecular formula is C9H14MgO9. The van der Waals surface area contributed by atoms with Crippen LogP contribution in [0.4, 0.5) is 0 Å². The normalized spacial score (nSPS) is 14.5. The van der Waals surface area contributed by atoms with Gasteiger partial charge in [0.2, 0.25) is 0 Å².